The van der Waals surface area contributed by atoms with Gasteiger partial charge in [0.25, 0.3) is 5.91 Å². The van der Waals surface area contributed by atoms with Crippen molar-refractivity contribution in [3.63, 3.8) is 0 Å². The van der Waals surface area contributed by atoms with Crippen LogP contribution in [0.25, 0.3) is 0 Å². The van der Waals surface area contributed by atoms with Crippen LogP contribution < -0.4 is 15.0 Å². The van der Waals surface area contributed by atoms with Crippen LogP contribution in [-0.2, 0) is 14.3 Å². The summed E-state index contributed by atoms with van der Waals surface area (Å²) in [7, 11) is 0. The molecule has 7 heteroatoms. The first-order chi connectivity index (χ1) is 11.6. The Morgan fingerprint density at radius 1 is 1.29 bits per heavy atom. The van der Waals surface area contributed by atoms with E-state index in [4.69, 9.17) is 9.47 Å². The van der Waals surface area contributed by atoms with E-state index in [0.29, 0.717) is 18.0 Å². The molecule has 0 unspecified atom stereocenters. The second-order valence-electron chi connectivity index (χ2n) is 6.04. The third-order valence-corrected chi connectivity index (χ3v) is 4.21. The molecule has 1 saturated heterocycles. The largest absolute Gasteiger partial charge is 0.482 e. The molecule has 3 rings (SSSR count). The van der Waals surface area contributed by atoms with Crippen molar-refractivity contribution in [2.75, 3.05) is 57.4 Å². The number of morpholine rings is 1. The molecule has 0 aromatic heterocycles. The lowest BCUT2D eigenvalue weighted by atomic mass is 10.1. The summed E-state index contributed by atoms with van der Waals surface area (Å²) in [4.78, 5) is 28.1. The third kappa shape index (κ3) is 4.04. The summed E-state index contributed by atoms with van der Waals surface area (Å²) in [5, 5.41) is 2.89. The predicted octanol–water partition coefficient (Wildman–Crippen LogP) is 0.169. The van der Waals surface area contributed by atoms with Crippen molar-refractivity contribution in [1.29, 1.82) is 0 Å². The minimum atomic E-state index is -0.198. The van der Waals surface area contributed by atoms with Gasteiger partial charge in [0.05, 0.1) is 18.9 Å². The number of carbonyl (C=O) groups is 2. The number of nitrogens with one attached hydrogen (secondary N) is 1. The molecule has 24 heavy (non-hydrogen) atoms. The molecule has 2 amide bonds. The average Bonchev–Trinajstić information content (AvgIpc) is 2.58. The fourth-order valence-corrected chi connectivity index (χ4v) is 2.86. The van der Waals surface area contributed by atoms with Crippen LogP contribution in [-0.4, -0.2) is 69.3 Å². The fraction of sp³-hybridized carbons (Fsp3) is 0.529. The van der Waals surface area contributed by atoms with Gasteiger partial charge in [-0.15, -0.1) is 0 Å². The number of carbonyl (C=O) groups excluding carboxylic acids is 2. The van der Waals surface area contributed by atoms with Gasteiger partial charge in [-0.2, -0.15) is 0 Å². The van der Waals surface area contributed by atoms with E-state index in [1.807, 2.05) is 25.1 Å². The minimum absolute atomic E-state index is 0.0156. The van der Waals surface area contributed by atoms with Gasteiger partial charge in [0.15, 0.2) is 6.61 Å². The van der Waals surface area contributed by atoms with Crippen molar-refractivity contribution in [2.24, 2.45) is 0 Å². The lowest BCUT2D eigenvalue weighted by Crippen LogP contribution is -2.47. The van der Waals surface area contributed by atoms with Crippen LogP contribution >= 0.6 is 0 Å². The van der Waals surface area contributed by atoms with Crippen LogP contribution in [0.4, 0.5) is 5.69 Å². The maximum absolute atomic E-state index is 12.2. The molecule has 1 aromatic carbocycles. The number of aryl methyl sites for hydroxylation is 1. The summed E-state index contributed by atoms with van der Waals surface area (Å²) in [6.07, 6.45) is 0. The Hall–Kier alpha value is -2.12. The van der Waals surface area contributed by atoms with Crippen LogP contribution in [0.2, 0.25) is 0 Å². The highest BCUT2D eigenvalue weighted by Crippen LogP contribution is 2.32. The molecule has 2 aliphatic rings. The second kappa shape index (κ2) is 7.63. The molecule has 130 valence electrons. The molecule has 1 fully saturated rings. The lowest BCUT2D eigenvalue weighted by molar-refractivity contribution is -0.125. The van der Waals surface area contributed by atoms with Gasteiger partial charge < -0.3 is 14.8 Å². The molecule has 0 bridgehead atoms. The van der Waals surface area contributed by atoms with Gasteiger partial charge in [-0.3, -0.25) is 19.4 Å². The number of benzene rings is 1. The van der Waals surface area contributed by atoms with Gasteiger partial charge in [0, 0.05) is 26.2 Å². The van der Waals surface area contributed by atoms with E-state index < -0.39 is 0 Å². The average molecular weight is 333 g/mol. The topological polar surface area (TPSA) is 71.1 Å². The number of hydrogen-bond donors (Lipinski definition) is 1. The van der Waals surface area contributed by atoms with Crippen molar-refractivity contribution in [3.8, 4) is 5.75 Å². The van der Waals surface area contributed by atoms with Crippen LogP contribution in [0.1, 0.15) is 5.56 Å². The highest BCUT2D eigenvalue weighted by Gasteiger charge is 2.27. The summed E-state index contributed by atoms with van der Waals surface area (Å²) in [6.45, 7) is 6.56. The summed E-state index contributed by atoms with van der Waals surface area (Å²) < 4.78 is 10.7. The second-order valence-corrected chi connectivity index (χ2v) is 6.04. The predicted molar refractivity (Wildman–Crippen MR) is 89.3 cm³/mol. The van der Waals surface area contributed by atoms with Crippen molar-refractivity contribution < 1.29 is 19.1 Å². The SMILES string of the molecule is Cc1ccc2c(c1)N(CC(=O)NCCN1CCOCC1)C(=O)CO2. The molecule has 2 aliphatic heterocycles. The van der Waals surface area contributed by atoms with Gasteiger partial charge in [0.1, 0.15) is 12.3 Å². The molecule has 1 aromatic rings. The molecule has 0 atom stereocenters. The summed E-state index contributed by atoms with van der Waals surface area (Å²) >= 11 is 0. The molecule has 7 nitrogen and oxygen atoms in total. The zero-order valence-electron chi connectivity index (χ0n) is 13.9. The van der Waals surface area contributed by atoms with Crippen molar-refractivity contribution in [1.82, 2.24) is 10.2 Å². The van der Waals surface area contributed by atoms with Gasteiger partial charge in [-0.1, -0.05) is 6.07 Å². The molecule has 0 aliphatic carbocycles. The minimum Gasteiger partial charge on any atom is -0.482 e. The van der Waals surface area contributed by atoms with Gasteiger partial charge in [0.2, 0.25) is 5.91 Å². The molecule has 1 N–H and O–H groups in total. The van der Waals surface area contributed by atoms with Gasteiger partial charge >= 0.3 is 0 Å². The lowest BCUT2D eigenvalue weighted by Gasteiger charge is -2.29. The van der Waals surface area contributed by atoms with Crippen molar-refractivity contribution in [2.45, 2.75) is 6.92 Å². The quantitative estimate of drug-likeness (QED) is 0.832. The van der Waals surface area contributed by atoms with Crippen LogP contribution in [0.15, 0.2) is 18.2 Å². The zero-order valence-corrected chi connectivity index (χ0v) is 13.9. The normalized spacial score (nSPS) is 18.0. The number of anilines is 1. The number of fused-ring (bicyclic) bond motifs is 1. The first kappa shape index (κ1) is 16.7. The number of ether oxygens (including phenoxy) is 2. The highest BCUT2D eigenvalue weighted by molar-refractivity contribution is 6.02. The Bertz CT molecular complexity index is 614. The first-order valence-electron chi connectivity index (χ1n) is 8.24. The van der Waals surface area contributed by atoms with E-state index in [2.05, 4.69) is 10.2 Å². The van der Waals surface area contributed by atoms with E-state index in [1.54, 1.807) is 0 Å². The van der Waals surface area contributed by atoms with Crippen molar-refractivity contribution in [3.05, 3.63) is 23.8 Å². The maximum Gasteiger partial charge on any atom is 0.265 e. The molecule has 0 saturated carbocycles. The fourth-order valence-electron chi connectivity index (χ4n) is 2.86. The van der Waals surface area contributed by atoms with Crippen LogP contribution in [0.5, 0.6) is 5.75 Å². The van der Waals surface area contributed by atoms with E-state index in [-0.39, 0.29) is 25.0 Å². The summed E-state index contributed by atoms with van der Waals surface area (Å²) in [5.74, 6) is 0.281. The van der Waals surface area contributed by atoms with Crippen molar-refractivity contribution >= 4 is 17.5 Å². The summed E-state index contributed by atoms with van der Waals surface area (Å²) in [6, 6.07) is 5.63. The Labute approximate surface area is 141 Å². The third-order valence-electron chi connectivity index (χ3n) is 4.21. The number of amides is 2. The molecular weight excluding hydrogens is 310 g/mol. The Morgan fingerprint density at radius 2 is 2.08 bits per heavy atom. The summed E-state index contributed by atoms with van der Waals surface area (Å²) in [5.41, 5.74) is 1.68. The number of hydrogen-bond acceptors (Lipinski definition) is 5. The van der Waals surface area contributed by atoms with Crippen LogP contribution in [0.3, 0.4) is 0 Å². The Balaban J connectivity index is 1.54. The Morgan fingerprint density at radius 3 is 2.88 bits per heavy atom. The van der Waals surface area contributed by atoms with E-state index in [9.17, 15) is 9.59 Å². The number of nitrogens with zero attached hydrogens (tertiary/aromatic N) is 2. The number of rotatable bonds is 5. The van der Waals surface area contributed by atoms with E-state index >= 15 is 0 Å². The van der Waals surface area contributed by atoms with E-state index in [1.165, 1.54) is 4.90 Å². The Kier molecular flexibility index (Phi) is 5.32. The van der Waals surface area contributed by atoms with Gasteiger partial charge in [-0.05, 0) is 24.6 Å². The van der Waals surface area contributed by atoms with Gasteiger partial charge in [-0.25, -0.2) is 0 Å². The zero-order chi connectivity index (χ0) is 16.9. The molecular formula is C17H23N3O4. The standard InChI is InChI=1S/C17H23N3O4/c1-13-2-3-15-14(10-13)20(17(22)12-24-15)11-16(21)18-4-5-19-6-8-23-9-7-19/h2-3,10H,4-9,11-12H2,1H3,(H,18,21). The monoisotopic (exact) mass is 333 g/mol. The molecule has 0 spiro atoms. The first-order valence-corrected chi connectivity index (χ1v) is 8.24. The molecule has 2 heterocycles. The van der Waals surface area contributed by atoms with E-state index in [0.717, 1.165) is 38.4 Å². The highest BCUT2D eigenvalue weighted by atomic mass is 16.5. The smallest absolute Gasteiger partial charge is 0.265 e. The van der Waals surface area contributed by atoms with Crippen LogP contribution in [0, 0.1) is 6.92 Å². The maximum atomic E-state index is 12.2. The molecule has 0 radical (unpaired) electrons.